The number of carbonyl (C=O) groups is 10. The van der Waals surface area contributed by atoms with Gasteiger partial charge in [-0.1, -0.05) is 77.0 Å². The summed E-state index contributed by atoms with van der Waals surface area (Å²) in [5.41, 5.74) is 0. The number of amides is 6. The lowest BCUT2D eigenvalue weighted by Crippen LogP contribution is -2.51. The number of rotatable bonds is 37. The first kappa shape index (κ1) is 51.9. The Morgan fingerprint density at radius 1 is 0.421 bits per heavy atom. The van der Waals surface area contributed by atoms with Crippen molar-refractivity contribution >= 4 is 59.6 Å². The largest absolute Gasteiger partial charge is 0.481 e. The maximum absolute atomic E-state index is 12.4. The van der Waals surface area contributed by atoms with Crippen LogP contribution < -0.4 is 31.9 Å². The van der Waals surface area contributed by atoms with E-state index in [1.165, 1.54) is 32.1 Å². The van der Waals surface area contributed by atoms with Gasteiger partial charge in [-0.3, -0.25) is 38.4 Å². The summed E-state index contributed by atoms with van der Waals surface area (Å²) >= 11 is 0. The fourth-order valence-electron chi connectivity index (χ4n) is 5.61. The van der Waals surface area contributed by atoms with Crippen molar-refractivity contribution in [2.24, 2.45) is 0 Å². The summed E-state index contributed by atoms with van der Waals surface area (Å²) in [4.78, 5) is 117. The number of hydrogen-bond acceptors (Lipinski definition) is 10. The molecule has 0 spiro atoms. The molecule has 0 aliphatic rings. The highest BCUT2D eigenvalue weighted by atomic mass is 16.4. The van der Waals surface area contributed by atoms with Crippen molar-refractivity contribution in [2.75, 3.05) is 26.2 Å². The molecule has 57 heavy (non-hydrogen) atoms. The van der Waals surface area contributed by atoms with Crippen LogP contribution in [0.1, 0.15) is 141 Å². The van der Waals surface area contributed by atoms with Crippen molar-refractivity contribution in [1.29, 1.82) is 0 Å². The lowest BCUT2D eigenvalue weighted by atomic mass is 10.0. The number of aliphatic carboxylic acids is 3. The Labute approximate surface area is 334 Å². The number of hydrogen-bond donors (Lipinski definition) is 9. The van der Waals surface area contributed by atoms with Crippen molar-refractivity contribution in [3.8, 4) is 0 Å². The Balaban J connectivity index is 4.14. The van der Waals surface area contributed by atoms with Crippen LogP contribution in [0.5, 0.6) is 0 Å². The molecule has 0 aliphatic carbocycles. The minimum absolute atomic E-state index is 0.0822. The first-order valence-corrected chi connectivity index (χ1v) is 20.0. The highest BCUT2D eigenvalue weighted by Crippen LogP contribution is 2.14. The minimum Gasteiger partial charge on any atom is -0.481 e. The topological polar surface area (TPSA) is 304 Å². The zero-order valence-electron chi connectivity index (χ0n) is 33.0. The van der Waals surface area contributed by atoms with Gasteiger partial charge in [0.2, 0.25) is 35.4 Å². The number of unbranched alkanes of at least 4 members (excludes halogenated alkanes) is 13. The van der Waals surface area contributed by atoms with Gasteiger partial charge in [0, 0.05) is 38.6 Å². The van der Waals surface area contributed by atoms with E-state index in [0.29, 0.717) is 12.7 Å². The molecule has 0 fully saturated rings. The Hall–Kier alpha value is -5.10. The van der Waals surface area contributed by atoms with Crippen molar-refractivity contribution in [1.82, 2.24) is 31.9 Å². The number of nitrogens with one attached hydrogen (secondary N) is 6. The number of carbonyl (C=O) groups excluding carboxylic acids is 7. The van der Waals surface area contributed by atoms with E-state index < -0.39 is 79.0 Å². The van der Waals surface area contributed by atoms with Gasteiger partial charge in [-0.25, -0.2) is 4.79 Å². The normalized spacial score (nSPS) is 11.6. The Morgan fingerprint density at radius 3 is 1.40 bits per heavy atom. The number of carboxylic acid groups (broad SMARTS) is 3. The van der Waals surface area contributed by atoms with Crippen LogP contribution in [0.25, 0.3) is 0 Å². The second-order valence-corrected chi connectivity index (χ2v) is 13.8. The fourth-order valence-corrected chi connectivity index (χ4v) is 5.61. The van der Waals surface area contributed by atoms with E-state index >= 15 is 0 Å². The standard InChI is InChI=1S/C38H64N6O13/c45-25-24-40-33(49)26-42-37(55)28(20-22-36(53)54)43-34(50)27-41-30(46)17-15-23-39-31(47)21-19-29(38(56)57)44-32(48)16-13-11-9-7-5-3-1-2-4-6-8-10-12-14-18-35(51)52/h25,28-29H,1-24,26-27H2,(H,39,47)(H,40,49)(H,41,46)(H,42,55)(H,43,50)(H,44,48)(H,51,52)(H,53,54)(H,56,57)/t28-,29?/m0/s1. The summed E-state index contributed by atoms with van der Waals surface area (Å²) < 4.78 is 0. The van der Waals surface area contributed by atoms with Crippen LogP contribution in [-0.2, 0) is 47.9 Å². The summed E-state index contributed by atoms with van der Waals surface area (Å²) in [5.74, 6) is -6.91. The highest BCUT2D eigenvalue weighted by Gasteiger charge is 2.23. The fraction of sp³-hybridized carbons (Fsp3) is 0.737. The molecule has 0 radical (unpaired) electrons. The molecule has 0 aromatic carbocycles. The molecule has 0 saturated carbocycles. The molecular weight excluding hydrogens is 748 g/mol. The minimum atomic E-state index is -1.31. The smallest absolute Gasteiger partial charge is 0.326 e. The van der Waals surface area contributed by atoms with Gasteiger partial charge in [0.15, 0.2) is 0 Å². The number of aldehydes is 1. The van der Waals surface area contributed by atoms with Crippen LogP contribution in [0.4, 0.5) is 0 Å². The molecule has 19 nitrogen and oxygen atoms in total. The van der Waals surface area contributed by atoms with Crippen molar-refractivity contribution in [3.05, 3.63) is 0 Å². The zero-order chi connectivity index (χ0) is 42.7. The van der Waals surface area contributed by atoms with E-state index in [-0.39, 0.29) is 63.9 Å². The molecule has 6 amide bonds. The average molecular weight is 813 g/mol. The zero-order valence-corrected chi connectivity index (χ0v) is 33.0. The maximum atomic E-state index is 12.4. The quantitative estimate of drug-likeness (QED) is 0.0318. The van der Waals surface area contributed by atoms with Crippen LogP contribution in [0.3, 0.4) is 0 Å². The van der Waals surface area contributed by atoms with Gasteiger partial charge in [-0.15, -0.1) is 0 Å². The molecule has 19 heteroatoms. The van der Waals surface area contributed by atoms with E-state index in [2.05, 4.69) is 31.9 Å². The Bertz CT molecular complexity index is 1280. The summed E-state index contributed by atoms with van der Waals surface area (Å²) in [7, 11) is 0. The molecule has 324 valence electrons. The van der Waals surface area contributed by atoms with Gasteiger partial charge in [0.25, 0.3) is 0 Å². The van der Waals surface area contributed by atoms with Crippen LogP contribution in [-0.4, -0.2) is 113 Å². The van der Waals surface area contributed by atoms with Gasteiger partial charge in [-0.05, 0) is 32.1 Å². The van der Waals surface area contributed by atoms with E-state index in [1.54, 1.807) is 0 Å². The van der Waals surface area contributed by atoms with Gasteiger partial charge in [0.1, 0.15) is 18.4 Å². The second-order valence-electron chi connectivity index (χ2n) is 13.8. The third-order valence-corrected chi connectivity index (χ3v) is 8.79. The van der Waals surface area contributed by atoms with E-state index in [1.807, 2.05) is 0 Å². The van der Waals surface area contributed by atoms with Crippen molar-refractivity contribution < 1.29 is 63.3 Å². The van der Waals surface area contributed by atoms with Crippen molar-refractivity contribution in [2.45, 2.75) is 153 Å². The second kappa shape index (κ2) is 34.2. The van der Waals surface area contributed by atoms with Crippen LogP contribution >= 0.6 is 0 Å². The average Bonchev–Trinajstić information content (AvgIpc) is 3.16. The Morgan fingerprint density at radius 2 is 0.877 bits per heavy atom. The monoisotopic (exact) mass is 812 g/mol. The Kier molecular flexibility index (Phi) is 31.1. The molecule has 0 aromatic heterocycles. The maximum Gasteiger partial charge on any atom is 0.326 e. The number of carboxylic acids is 3. The third kappa shape index (κ3) is 32.8. The van der Waals surface area contributed by atoms with Crippen LogP contribution in [0, 0.1) is 0 Å². The summed E-state index contributed by atoms with van der Waals surface area (Å²) in [6.45, 7) is -1.23. The van der Waals surface area contributed by atoms with Crippen molar-refractivity contribution in [3.63, 3.8) is 0 Å². The predicted molar refractivity (Wildman–Crippen MR) is 206 cm³/mol. The molecule has 2 atom stereocenters. The first-order chi connectivity index (χ1) is 27.2. The molecule has 0 rings (SSSR count). The lowest BCUT2D eigenvalue weighted by molar-refractivity contribution is -0.142. The van der Waals surface area contributed by atoms with Gasteiger partial charge in [-0.2, -0.15) is 0 Å². The van der Waals surface area contributed by atoms with E-state index in [4.69, 9.17) is 10.2 Å². The molecular formula is C38H64N6O13. The summed E-state index contributed by atoms with van der Waals surface area (Å²) in [6, 6.07) is -2.53. The molecule has 0 aromatic rings. The predicted octanol–water partition coefficient (Wildman–Crippen LogP) is 1.46. The van der Waals surface area contributed by atoms with E-state index in [9.17, 15) is 53.1 Å². The molecule has 0 heterocycles. The summed E-state index contributed by atoms with van der Waals surface area (Å²) in [5, 5.41) is 41.2. The van der Waals surface area contributed by atoms with Gasteiger partial charge in [0.05, 0.1) is 19.6 Å². The molecule has 9 N–H and O–H groups in total. The van der Waals surface area contributed by atoms with Gasteiger partial charge < -0.3 is 52.0 Å². The van der Waals surface area contributed by atoms with E-state index in [0.717, 1.165) is 51.4 Å². The summed E-state index contributed by atoms with van der Waals surface area (Å²) in [6.07, 6.45) is 14.6. The third-order valence-electron chi connectivity index (χ3n) is 8.79. The molecule has 0 aliphatic heterocycles. The highest BCUT2D eigenvalue weighted by molar-refractivity contribution is 5.92. The first-order valence-electron chi connectivity index (χ1n) is 20.0. The molecule has 1 unspecified atom stereocenters. The molecule has 0 bridgehead atoms. The molecule has 0 saturated heterocycles. The SMILES string of the molecule is O=CCNC(=O)CNC(=O)[C@H](CCC(=O)O)NC(=O)CNC(=O)CCCNC(=O)CCC(NC(=O)CCCCCCCCCCCCCCCCC(=O)O)C(=O)O. The van der Waals surface area contributed by atoms with Crippen LogP contribution in [0.15, 0.2) is 0 Å². The lowest BCUT2D eigenvalue weighted by Gasteiger charge is -2.18. The van der Waals surface area contributed by atoms with Crippen LogP contribution in [0.2, 0.25) is 0 Å². The van der Waals surface area contributed by atoms with Gasteiger partial charge >= 0.3 is 17.9 Å².